The van der Waals surface area contributed by atoms with Crippen molar-refractivity contribution in [2.24, 2.45) is 0 Å². The monoisotopic (exact) mass is 471 g/mol. The Morgan fingerprint density at radius 2 is 1.73 bits per heavy atom. The average Bonchev–Trinajstić information content (AvgIpc) is 3.14. The fraction of sp³-hybridized carbons (Fsp3) is 0.471. The zero-order valence-electron chi connectivity index (χ0n) is 15.6. The van der Waals surface area contributed by atoms with E-state index >= 15 is 0 Å². The van der Waals surface area contributed by atoms with Crippen LogP contribution in [0.5, 0.6) is 11.5 Å². The van der Waals surface area contributed by atoms with E-state index in [1.165, 1.54) is 10.8 Å². The Morgan fingerprint density at radius 1 is 1.07 bits per heavy atom. The first-order valence-corrected chi connectivity index (χ1v) is 11.0. The predicted molar refractivity (Wildman–Crippen MR) is 105 cm³/mol. The van der Waals surface area contributed by atoms with Crippen molar-refractivity contribution in [1.29, 1.82) is 0 Å². The molecular formula is C17H20F3NO7S2. The quantitative estimate of drug-likeness (QED) is 0.349. The zero-order chi connectivity index (χ0) is 22.6. The molecule has 0 aliphatic carbocycles. The largest absolute Gasteiger partial charge is 0.490 e. The van der Waals surface area contributed by atoms with Gasteiger partial charge in [-0.1, -0.05) is 33.7 Å². The molecule has 0 unspecified atom stereocenters. The highest BCUT2D eigenvalue weighted by Gasteiger charge is 2.38. The molecule has 0 fully saturated rings. The van der Waals surface area contributed by atoms with Gasteiger partial charge in [-0.15, -0.1) is 0 Å². The molecule has 1 aliphatic heterocycles. The first-order chi connectivity index (χ1) is 14.1. The molecule has 0 saturated carbocycles. The molecule has 0 spiro atoms. The maximum absolute atomic E-state index is 11.8. The lowest BCUT2D eigenvalue weighted by atomic mass is 10.1. The third kappa shape index (κ3) is 10.5. The van der Waals surface area contributed by atoms with Crippen LogP contribution in [0.4, 0.5) is 13.2 Å². The van der Waals surface area contributed by atoms with Crippen molar-refractivity contribution >= 4 is 39.4 Å². The van der Waals surface area contributed by atoms with E-state index in [4.69, 9.17) is 24.5 Å². The molecule has 13 heteroatoms. The van der Waals surface area contributed by atoms with Gasteiger partial charge in [0.15, 0.2) is 11.5 Å². The van der Waals surface area contributed by atoms with Gasteiger partial charge in [-0.2, -0.15) is 13.2 Å². The van der Waals surface area contributed by atoms with Crippen LogP contribution in [-0.2, 0) is 20.8 Å². The highest BCUT2D eigenvalue weighted by atomic mass is 33.1. The number of aliphatic carboxylic acids is 2. The SMILES string of the molecule is O=C(O)C(F)(F)F.O=C(O)CCSSCCNC(=O)CCc1cccc2c1OCO2. The summed E-state index contributed by atoms with van der Waals surface area (Å²) >= 11 is 0. The second kappa shape index (κ2) is 13.1. The normalized spacial score (nSPS) is 12.0. The Bertz CT molecular complexity index is 732. The minimum Gasteiger partial charge on any atom is -0.481 e. The van der Waals surface area contributed by atoms with Crippen molar-refractivity contribution in [2.45, 2.75) is 25.4 Å². The van der Waals surface area contributed by atoms with Crippen LogP contribution in [0.25, 0.3) is 0 Å². The number of carboxylic acids is 2. The number of halogens is 3. The Balaban J connectivity index is 0.000000553. The van der Waals surface area contributed by atoms with Gasteiger partial charge in [0.05, 0.1) is 6.42 Å². The molecule has 0 radical (unpaired) electrons. The molecular weight excluding hydrogens is 451 g/mol. The molecule has 3 N–H and O–H groups in total. The highest BCUT2D eigenvalue weighted by Crippen LogP contribution is 2.35. The van der Waals surface area contributed by atoms with E-state index in [9.17, 15) is 22.8 Å². The first-order valence-electron chi connectivity index (χ1n) is 8.51. The molecule has 168 valence electrons. The number of benzene rings is 1. The summed E-state index contributed by atoms with van der Waals surface area (Å²) in [6, 6.07) is 5.69. The number of amides is 1. The lowest BCUT2D eigenvalue weighted by Gasteiger charge is -2.07. The van der Waals surface area contributed by atoms with Crippen molar-refractivity contribution in [3.63, 3.8) is 0 Å². The van der Waals surface area contributed by atoms with Crippen LogP contribution in [0.1, 0.15) is 18.4 Å². The fourth-order valence-electron chi connectivity index (χ4n) is 2.00. The summed E-state index contributed by atoms with van der Waals surface area (Å²) in [5.41, 5.74) is 0.980. The fourth-order valence-corrected chi connectivity index (χ4v) is 3.89. The Morgan fingerprint density at radius 3 is 2.37 bits per heavy atom. The smallest absolute Gasteiger partial charge is 0.481 e. The summed E-state index contributed by atoms with van der Waals surface area (Å²) in [6.45, 7) is 0.811. The molecule has 1 aliphatic rings. The molecule has 30 heavy (non-hydrogen) atoms. The van der Waals surface area contributed by atoms with E-state index in [2.05, 4.69) is 5.32 Å². The van der Waals surface area contributed by atoms with Gasteiger partial charge < -0.3 is 25.0 Å². The summed E-state index contributed by atoms with van der Waals surface area (Å²) in [5.74, 6) is -0.732. The van der Waals surface area contributed by atoms with Crippen molar-refractivity contribution in [1.82, 2.24) is 5.32 Å². The minimum atomic E-state index is -5.08. The third-order valence-corrected chi connectivity index (χ3v) is 5.74. The van der Waals surface area contributed by atoms with Gasteiger partial charge in [-0.3, -0.25) is 9.59 Å². The Kier molecular flexibility index (Phi) is 11.3. The van der Waals surface area contributed by atoms with Crippen LogP contribution in [-0.4, -0.2) is 59.1 Å². The number of aryl methyl sites for hydroxylation is 1. The van der Waals surface area contributed by atoms with E-state index in [1.807, 2.05) is 18.2 Å². The molecule has 1 heterocycles. The molecule has 1 aromatic rings. The molecule has 2 rings (SSSR count). The number of carbonyl (C=O) groups excluding carboxylic acids is 1. The van der Waals surface area contributed by atoms with Gasteiger partial charge in [0.2, 0.25) is 12.7 Å². The highest BCUT2D eigenvalue weighted by molar-refractivity contribution is 8.76. The predicted octanol–water partition coefficient (Wildman–Crippen LogP) is 2.95. The summed E-state index contributed by atoms with van der Waals surface area (Å²) in [5, 5.41) is 18.5. The molecule has 1 amide bonds. The van der Waals surface area contributed by atoms with E-state index < -0.39 is 18.1 Å². The van der Waals surface area contributed by atoms with E-state index in [-0.39, 0.29) is 19.1 Å². The van der Waals surface area contributed by atoms with E-state index in [0.29, 0.717) is 25.1 Å². The van der Waals surface area contributed by atoms with Crippen LogP contribution in [0, 0.1) is 0 Å². The topological polar surface area (TPSA) is 122 Å². The molecule has 0 saturated heterocycles. The summed E-state index contributed by atoms with van der Waals surface area (Å²) < 4.78 is 42.5. The third-order valence-electron chi connectivity index (χ3n) is 3.33. The lowest BCUT2D eigenvalue weighted by molar-refractivity contribution is -0.192. The van der Waals surface area contributed by atoms with Crippen LogP contribution < -0.4 is 14.8 Å². The van der Waals surface area contributed by atoms with Crippen LogP contribution in [0.3, 0.4) is 0 Å². The van der Waals surface area contributed by atoms with Crippen molar-refractivity contribution in [2.75, 3.05) is 24.8 Å². The van der Waals surface area contributed by atoms with Crippen molar-refractivity contribution < 1.29 is 47.2 Å². The summed E-state index contributed by atoms with van der Waals surface area (Å²) in [7, 11) is 3.08. The number of nitrogens with one attached hydrogen (secondary N) is 1. The number of ether oxygens (including phenoxy) is 2. The number of para-hydroxylation sites is 1. The summed E-state index contributed by atoms with van der Waals surface area (Å²) in [6.07, 6.45) is -3.91. The zero-order valence-corrected chi connectivity index (χ0v) is 17.2. The molecule has 1 aromatic carbocycles. The molecule has 0 aromatic heterocycles. The van der Waals surface area contributed by atoms with Gasteiger partial charge in [-0.05, 0) is 18.1 Å². The number of carboxylic acid groups (broad SMARTS) is 2. The second-order valence-corrected chi connectivity index (χ2v) is 8.29. The number of hydrogen-bond donors (Lipinski definition) is 3. The maximum Gasteiger partial charge on any atom is 0.490 e. The number of hydrogen-bond acceptors (Lipinski definition) is 7. The lowest BCUT2D eigenvalue weighted by Crippen LogP contribution is -2.25. The number of carbonyl (C=O) groups is 3. The van der Waals surface area contributed by atoms with Crippen LogP contribution >= 0.6 is 21.6 Å². The van der Waals surface area contributed by atoms with Crippen molar-refractivity contribution in [3.8, 4) is 11.5 Å². The van der Waals surface area contributed by atoms with Gasteiger partial charge >= 0.3 is 18.1 Å². The van der Waals surface area contributed by atoms with E-state index in [0.717, 1.165) is 22.8 Å². The van der Waals surface area contributed by atoms with Gasteiger partial charge in [0.1, 0.15) is 0 Å². The van der Waals surface area contributed by atoms with Gasteiger partial charge in [-0.25, -0.2) is 4.79 Å². The minimum absolute atomic E-state index is 0.00217. The first kappa shape index (κ1) is 25.8. The van der Waals surface area contributed by atoms with Crippen LogP contribution in [0.2, 0.25) is 0 Å². The maximum atomic E-state index is 11.8. The number of fused-ring (bicyclic) bond motifs is 1. The number of alkyl halides is 3. The second-order valence-electron chi connectivity index (χ2n) is 5.59. The molecule has 0 bridgehead atoms. The average molecular weight is 471 g/mol. The Labute approximate surface area is 177 Å². The number of rotatable bonds is 10. The van der Waals surface area contributed by atoms with Crippen LogP contribution in [0.15, 0.2) is 18.2 Å². The van der Waals surface area contributed by atoms with Crippen molar-refractivity contribution in [3.05, 3.63) is 23.8 Å². The van der Waals surface area contributed by atoms with Gasteiger partial charge in [0, 0.05) is 24.5 Å². The van der Waals surface area contributed by atoms with E-state index in [1.54, 1.807) is 10.8 Å². The standard InChI is InChI=1S/C15H19NO5S2.C2HF3O2/c17-13(16-7-9-23-22-8-6-14(18)19)5-4-11-2-1-3-12-15(11)21-10-20-12;3-2(4,5)1(6)7/h1-3H,4-10H2,(H,16,17)(H,18,19);(H,6,7). The molecule has 0 atom stereocenters. The Hall–Kier alpha value is -2.28. The molecule has 8 nitrogen and oxygen atoms in total. The van der Waals surface area contributed by atoms with Gasteiger partial charge in [0.25, 0.3) is 0 Å². The summed E-state index contributed by atoms with van der Waals surface area (Å²) in [4.78, 5) is 31.1.